The quantitative estimate of drug-likeness (QED) is 0.507. The highest BCUT2D eigenvalue weighted by molar-refractivity contribution is 7.14. The van der Waals surface area contributed by atoms with Crippen LogP contribution in [0.5, 0.6) is 11.5 Å². The molecule has 1 heterocycles. The average Bonchev–Trinajstić information content (AvgIpc) is 3.21. The number of carbonyl (C=O) groups excluding carboxylic acids is 1. The van der Waals surface area contributed by atoms with E-state index in [1.165, 1.54) is 11.3 Å². The SMILES string of the molecule is COc1ccc(OC)c(-c2csc(NC(=O)c3ccc4ccccc4c3)n2)c1. The van der Waals surface area contributed by atoms with E-state index < -0.39 is 0 Å². The van der Waals surface area contributed by atoms with E-state index in [4.69, 9.17) is 9.47 Å². The number of anilines is 1. The molecule has 0 saturated carbocycles. The summed E-state index contributed by atoms with van der Waals surface area (Å²) in [7, 11) is 3.22. The minimum absolute atomic E-state index is 0.190. The van der Waals surface area contributed by atoms with Gasteiger partial charge in [0.25, 0.3) is 5.91 Å². The molecule has 0 saturated heterocycles. The number of carbonyl (C=O) groups is 1. The predicted molar refractivity (Wildman–Crippen MR) is 113 cm³/mol. The Kier molecular flexibility index (Phi) is 4.95. The van der Waals surface area contributed by atoms with Gasteiger partial charge in [-0.25, -0.2) is 4.98 Å². The van der Waals surface area contributed by atoms with Crippen LogP contribution in [-0.2, 0) is 0 Å². The van der Waals surface area contributed by atoms with Crippen molar-refractivity contribution >= 4 is 33.1 Å². The zero-order chi connectivity index (χ0) is 19.5. The number of methoxy groups -OCH3 is 2. The minimum atomic E-state index is -0.190. The van der Waals surface area contributed by atoms with Gasteiger partial charge in [-0.1, -0.05) is 30.3 Å². The lowest BCUT2D eigenvalue weighted by Crippen LogP contribution is -2.11. The van der Waals surface area contributed by atoms with Crippen molar-refractivity contribution in [2.24, 2.45) is 0 Å². The zero-order valence-electron chi connectivity index (χ0n) is 15.4. The normalized spacial score (nSPS) is 10.6. The molecular weight excluding hydrogens is 372 g/mol. The van der Waals surface area contributed by atoms with Crippen molar-refractivity contribution in [1.82, 2.24) is 4.98 Å². The second-order valence-corrected chi connectivity index (χ2v) is 6.98. The van der Waals surface area contributed by atoms with Gasteiger partial charge in [0, 0.05) is 16.5 Å². The monoisotopic (exact) mass is 390 g/mol. The van der Waals surface area contributed by atoms with E-state index in [1.807, 2.05) is 66.0 Å². The van der Waals surface area contributed by atoms with Gasteiger partial charge < -0.3 is 9.47 Å². The maximum Gasteiger partial charge on any atom is 0.257 e. The molecule has 1 N–H and O–H groups in total. The molecule has 1 amide bonds. The number of amides is 1. The molecule has 0 aliphatic carbocycles. The Hall–Kier alpha value is -3.38. The highest BCUT2D eigenvalue weighted by atomic mass is 32.1. The van der Waals surface area contributed by atoms with Crippen molar-refractivity contribution in [3.05, 3.63) is 71.6 Å². The molecule has 3 aromatic carbocycles. The van der Waals surface area contributed by atoms with Gasteiger partial charge in [0.2, 0.25) is 0 Å². The van der Waals surface area contributed by atoms with E-state index >= 15 is 0 Å². The van der Waals surface area contributed by atoms with E-state index in [1.54, 1.807) is 14.2 Å². The number of hydrogen-bond donors (Lipinski definition) is 1. The Bertz CT molecular complexity index is 1150. The molecule has 4 aromatic rings. The molecule has 140 valence electrons. The summed E-state index contributed by atoms with van der Waals surface area (Å²) in [5.41, 5.74) is 2.12. The van der Waals surface area contributed by atoms with Crippen molar-refractivity contribution in [3.8, 4) is 22.8 Å². The van der Waals surface area contributed by atoms with Crippen LogP contribution in [0.2, 0.25) is 0 Å². The Morgan fingerprint density at radius 2 is 1.79 bits per heavy atom. The van der Waals surface area contributed by atoms with Crippen molar-refractivity contribution in [2.45, 2.75) is 0 Å². The highest BCUT2D eigenvalue weighted by Crippen LogP contribution is 2.35. The van der Waals surface area contributed by atoms with Crippen LogP contribution in [0.3, 0.4) is 0 Å². The lowest BCUT2D eigenvalue weighted by atomic mass is 10.1. The van der Waals surface area contributed by atoms with Gasteiger partial charge in [0.05, 0.1) is 19.9 Å². The van der Waals surface area contributed by atoms with Crippen LogP contribution in [-0.4, -0.2) is 25.1 Å². The number of aromatic nitrogens is 1. The molecule has 0 atom stereocenters. The summed E-state index contributed by atoms with van der Waals surface area (Å²) in [6.45, 7) is 0. The van der Waals surface area contributed by atoms with Crippen molar-refractivity contribution < 1.29 is 14.3 Å². The number of hydrogen-bond acceptors (Lipinski definition) is 5. The topological polar surface area (TPSA) is 60.5 Å². The molecule has 5 nitrogen and oxygen atoms in total. The first-order chi connectivity index (χ1) is 13.7. The number of fused-ring (bicyclic) bond motifs is 1. The third kappa shape index (κ3) is 3.54. The van der Waals surface area contributed by atoms with Crippen LogP contribution in [0.4, 0.5) is 5.13 Å². The van der Waals surface area contributed by atoms with Gasteiger partial charge in [-0.15, -0.1) is 11.3 Å². The van der Waals surface area contributed by atoms with Gasteiger partial charge in [-0.05, 0) is 41.1 Å². The van der Waals surface area contributed by atoms with Crippen molar-refractivity contribution in [3.63, 3.8) is 0 Å². The first-order valence-electron chi connectivity index (χ1n) is 8.66. The Labute approximate surface area is 166 Å². The number of thiazole rings is 1. The molecule has 4 rings (SSSR count). The zero-order valence-corrected chi connectivity index (χ0v) is 16.2. The second-order valence-electron chi connectivity index (χ2n) is 6.12. The van der Waals surface area contributed by atoms with Gasteiger partial charge in [0.15, 0.2) is 5.13 Å². The van der Waals surface area contributed by atoms with E-state index in [0.717, 1.165) is 22.0 Å². The van der Waals surface area contributed by atoms with Crippen LogP contribution >= 0.6 is 11.3 Å². The first-order valence-corrected chi connectivity index (χ1v) is 9.54. The van der Waals surface area contributed by atoms with E-state index in [2.05, 4.69) is 10.3 Å². The van der Waals surface area contributed by atoms with Crippen LogP contribution in [0, 0.1) is 0 Å². The molecule has 0 spiro atoms. The van der Waals surface area contributed by atoms with Gasteiger partial charge >= 0.3 is 0 Å². The Balaban J connectivity index is 1.58. The third-order valence-corrected chi connectivity index (χ3v) is 5.18. The summed E-state index contributed by atoms with van der Waals surface area (Å²) in [4.78, 5) is 17.2. The van der Waals surface area contributed by atoms with E-state index in [-0.39, 0.29) is 5.91 Å². The maximum atomic E-state index is 12.6. The molecule has 0 aliphatic heterocycles. The summed E-state index contributed by atoms with van der Waals surface area (Å²) in [5, 5.41) is 7.41. The number of benzene rings is 3. The Morgan fingerprint density at radius 1 is 0.964 bits per heavy atom. The molecule has 28 heavy (non-hydrogen) atoms. The molecule has 0 unspecified atom stereocenters. The number of nitrogens with zero attached hydrogens (tertiary/aromatic N) is 1. The summed E-state index contributed by atoms with van der Waals surface area (Å²) < 4.78 is 10.7. The van der Waals surface area contributed by atoms with Gasteiger partial charge in [-0.2, -0.15) is 0 Å². The molecule has 0 bridgehead atoms. The summed E-state index contributed by atoms with van der Waals surface area (Å²) >= 11 is 1.36. The van der Waals surface area contributed by atoms with Crippen LogP contribution in [0.1, 0.15) is 10.4 Å². The largest absolute Gasteiger partial charge is 0.497 e. The van der Waals surface area contributed by atoms with Crippen LogP contribution < -0.4 is 14.8 Å². The van der Waals surface area contributed by atoms with Crippen molar-refractivity contribution in [1.29, 1.82) is 0 Å². The van der Waals surface area contributed by atoms with E-state index in [0.29, 0.717) is 22.2 Å². The minimum Gasteiger partial charge on any atom is -0.497 e. The molecule has 0 radical (unpaired) electrons. The molecule has 1 aromatic heterocycles. The fraction of sp³-hybridized carbons (Fsp3) is 0.0909. The smallest absolute Gasteiger partial charge is 0.257 e. The fourth-order valence-electron chi connectivity index (χ4n) is 2.97. The van der Waals surface area contributed by atoms with Crippen LogP contribution in [0.15, 0.2) is 66.0 Å². The molecular formula is C22H18N2O3S. The first kappa shape index (κ1) is 18.0. The van der Waals surface area contributed by atoms with Crippen LogP contribution in [0.25, 0.3) is 22.0 Å². The van der Waals surface area contributed by atoms with Gasteiger partial charge in [-0.3, -0.25) is 10.1 Å². The molecule has 6 heteroatoms. The lowest BCUT2D eigenvalue weighted by Gasteiger charge is -2.08. The van der Waals surface area contributed by atoms with Gasteiger partial charge in [0.1, 0.15) is 11.5 Å². The molecule has 0 aliphatic rings. The number of rotatable bonds is 5. The predicted octanol–water partition coefficient (Wildman–Crippen LogP) is 5.23. The summed E-state index contributed by atoms with van der Waals surface area (Å²) in [5.74, 6) is 1.22. The van der Waals surface area contributed by atoms with Crippen molar-refractivity contribution in [2.75, 3.05) is 19.5 Å². The number of nitrogens with one attached hydrogen (secondary N) is 1. The summed E-state index contributed by atoms with van der Waals surface area (Å²) in [6, 6.07) is 19.1. The third-order valence-electron chi connectivity index (χ3n) is 4.42. The average molecular weight is 390 g/mol. The lowest BCUT2D eigenvalue weighted by molar-refractivity contribution is 0.102. The standard InChI is InChI=1S/C22H18N2O3S/c1-26-17-9-10-20(27-2)18(12-17)19-13-28-22(23-19)24-21(25)16-8-7-14-5-3-4-6-15(14)11-16/h3-13H,1-2H3,(H,23,24,25). The fourth-order valence-corrected chi connectivity index (χ4v) is 3.67. The van der Waals surface area contributed by atoms with E-state index in [9.17, 15) is 4.79 Å². The second kappa shape index (κ2) is 7.70. The summed E-state index contributed by atoms with van der Waals surface area (Å²) in [6.07, 6.45) is 0. The maximum absolute atomic E-state index is 12.6. The molecule has 0 fully saturated rings. The highest BCUT2D eigenvalue weighted by Gasteiger charge is 2.14. The number of ether oxygens (including phenoxy) is 2. The Morgan fingerprint density at radius 3 is 2.57 bits per heavy atom.